The molecule has 0 aliphatic carbocycles. The van der Waals surface area contributed by atoms with Crippen LogP contribution in [0.4, 0.5) is 5.69 Å². The van der Waals surface area contributed by atoms with Gasteiger partial charge in [0.25, 0.3) is 0 Å². The van der Waals surface area contributed by atoms with Crippen molar-refractivity contribution in [2.45, 2.75) is 13.8 Å². The second-order valence-electron chi connectivity index (χ2n) is 5.06. The van der Waals surface area contributed by atoms with Gasteiger partial charge in [0.05, 0.1) is 12.8 Å². The lowest BCUT2D eigenvalue weighted by Crippen LogP contribution is -1.97. The molecule has 0 N–H and O–H groups in total. The van der Waals surface area contributed by atoms with Crippen LogP contribution >= 0.6 is 0 Å². The Morgan fingerprint density at radius 2 is 1.91 bits per heavy atom. The lowest BCUT2D eigenvalue weighted by atomic mass is 10.1. The first-order valence-corrected chi connectivity index (χ1v) is 7.17. The van der Waals surface area contributed by atoms with Crippen molar-refractivity contribution in [3.05, 3.63) is 65.7 Å². The number of methoxy groups -OCH3 is 1. The Hall–Kier alpha value is -2.55. The van der Waals surface area contributed by atoms with Gasteiger partial charge in [0.1, 0.15) is 6.61 Å². The molecule has 0 heterocycles. The van der Waals surface area contributed by atoms with Crippen LogP contribution in [0.3, 0.4) is 0 Å². The van der Waals surface area contributed by atoms with Crippen LogP contribution in [0.25, 0.3) is 0 Å². The third-order valence-corrected chi connectivity index (χ3v) is 3.25. The topological polar surface area (TPSA) is 30.8 Å². The van der Waals surface area contributed by atoms with Crippen molar-refractivity contribution in [2.24, 2.45) is 4.99 Å². The van der Waals surface area contributed by atoms with E-state index in [-0.39, 0.29) is 0 Å². The maximum atomic E-state index is 5.54. The van der Waals surface area contributed by atoms with E-state index in [1.807, 2.05) is 30.5 Å². The zero-order chi connectivity index (χ0) is 15.9. The Balaban J connectivity index is 2.22. The molecule has 0 fully saturated rings. The SMILES string of the molecule is C=CCOc1ccc(C=Nc2ccc(C)cc2C)cc1OC. The maximum absolute atomic E-state index is 5.54. The summed E-state index contributed by atoms with van der Waals surface area (Å²) in [6, 6.07) is 12.0. The van der Waals surface area contributed by atoms with Crippen LogP contribution in [-0.4, -0.2) is 19.9 Å². The largest absolute Gasteiger partial charge is 0.493 e. The Morgan fingerprint density at radius 3 is 2.59 bits per heavy atom. The van der Waals surface area contributed by atoms with Crippen LogP contribution in [0.5, 0.6) is 11.5 Å². The zero-order valence-corrected chi connectivity index (χ0v) is 13.3. The number of aryl methyl sites for hydroxylation is 2. The molecule has 0 saturated heterocycles. The molecule has 0 bridgehead atoms. The van der Waals surface area contributed by atoms with Gasteiger partial charge in [0.15, 0.2) is 11.5 Å². The summed E-state index contributed by atoms with van der Waals surface area (Å²) in [7, 11) is 1.63. The van der Waals surface area contributed by atoms with Gasteiger partial charge in [-0.05, 0) is 49.2 Å². The van der Waals surface area contributed by atoms with Gasteiger partial charge in [-0.3, -0.25) is 4.99 Å². The molecule has 22 heavy (non-hydrogen) atoms. The number of ether oxygens (including phenoxy) is 2. The Kier molecular flexibility index (Phi) is 5.37. The molecule has 0 spiro atoms. The third-order valence-electron chi connectivity index (χ3n) is 3.25. The first-order valence-electron chi connectivity index (χ1n) is 7.17. The molecular formula is C19H21NO2. The van der Waals surface area contributed by atoms with E-state index in [9.17, 15) is 0 Å². The van der Waals surface area contributed by atoms with Gasteiger partial charge in [-0.25, -0.2) is 0 Å². The van der Waals surface area contributed by atoms with Crippen LogP contribution in [-0.2, 0) is 0 Å². The smallest absolute Gasteiger partial charge is 0.161 e. The highest BCUT2D eigenvalue weighted by Crippen LogP contribution is 2.28. The molecule has 114 valence electrons. The predicted molar refractivity (Wildman–Crippen MR) is 91.9 cm³/mol. The molecule has 3 nitrogen and oxygen atoms in total. The van der Waals surface area contributed by atoms with Crippen LogP contribution in [0.1, 0.15) is 16.7 Å². The molecule has 0 atom stereocenters. The molecule has 0 aliphatic heterocycles. The molecular weight excluding hydrogens is 274 g/mol. The summed E-state index contributed by atoms with van der Waals surface area (Å²) in [6.45, 7) is 8.23. The highest BCUT2D eigenvalue weighted by atomic mass is 16.5. The molecule has 0 unspecified atom stereocenters. The first kappa shape index (κ1) is 15.8. The average Bonchev–Trinajstić information content (AvgIpc) is 2.52. The van der Waals surface area contributed by atoms with E-state index in [4.69, 9.17) is 9.47 Å². The van der Waals surface area contributed by atoms with Crippen molar-refractivity contribution >= 4 is 11.9 Å². The van der Waals surface area contributed by atoms with E-state index < -0.39 is 0 Å². The van der Waals surface area contributed by atoms with E-state index in [0.717, 1.165) is 16.8 Å². The number of benzene rings is 2. The van der Waals surface area contributed by atoms with Crippen molar-refractivity contribution in [1.29, 1.82) is 0 Å². The number of aliphatic imine (C=N–C) groups is 1. The Labute approximate surface area is 131 Å². The van der Waals surface area contributed by atoms with Gasteiger partial charge in [0, 0.05) is 6.21 Å². The Morgan fingerprint density at radius 1 is 1.09 bits per heavy atom. The fourth-order valence-corrected chi connectivity index (χ4v) is 2.13. The van der Waals surface area contributed by atoms with Crippen molar-refractivity contribution < 1.29 is 9.47 Å². The minimum atomic E-state index is 0.451. The van der Waals surface area contributed by atoms with Gasteiger partial charge in [-0.1, -0.05) is 30.4 Å². The number of hydrogen-bond donors (Lipinski definition) is 0. The molecule has 2 aromatic rings. The van der Waals surface area contributed by atoms with Gasteiger partial charge >= 0.3 is 0 Å². The van der Waals surface area contributed by atoms with E-state index in [2.05, 4.69) is 37.6 Å². The monoisotopic (exact) mass is 295 g/mol. The molecule has 0 radical (unpaired) electrons. The fourth-order valence-electron chi connectivity index (χ4n) is 2.13. The fraction of sp³-hybridized carbons (Fsp3) is 0.211. The normalized spacial score (nSPS) is 10.7. The summed E-state index contributed by atoms with van der Waals surface area (Å²) in [4.78, 5) is 4.55. The predicted octanol–water partition coefficient (Wildman–Crippen LogP) is 4.63. The zero-order valence-electron chi connectivity index (χ0n) is 13.3. The van der Waals surface area contributed by atoms with Crippen LogP contribution in [0.2, 0.25) is 0 Å². The van der Waals surface area contributed by atoms with E-state index in [1.54, 1.807) is 13.2 Å². The molecule has 3 heteroatoms. The molecule has 2 rings (SSSR count). The Bertz CT molecular complexity index is 690. The van der Waals surface area contributed by atoms with Crippen LogP contribution in [0.15, 0.2) is 54.0 Å². The lowest BCUT2D eigenvalue weighted by molar-refractivity contribution is 0.326. The summed E-state index contributed by atoms with van der Waals surface area (Å²) in [5, 5.41) is 0. The summed E-state index contributed by atoms with van der Waals surface area (Å²) in [6.07, 6.45) is 3.53. The van der Waals surface area contributed by atoms with E-state index >= 15 is 0 Å². The summed E-state index contributed by atoms with van der Waals surface area (Å²) >= 11 is 0. The van der Waals surface area contributed by atoms with Crippen molar-refractivity contribution in [2.75, 3.05) is 13.7 Å². The second kappa shape index (κ2) is 7.46. The van der Waals surface area contributed by atoms with Crippen molar-refractivity contribution in [3.8, 4) is 11.5 Å². The highest BCUT2D eigenvalue weighted by molar-refractivity contribution is 5.83. The standard InChI is InChI=1S/C19H21NO2/c1-5-10-22-18-9-7-16(12-19(18)21-4)13-20-17-8-6-14(2)11-15(17)3/h5-9,11-13H,1,10H2,2-4H3. The van der Waals surface area contributed by atoms with E-state index in [1.165, 1.54) is 5.56 Å². The molecule has 0 amide bonds. The van der Waals surface area contributed by atoms with Gasteiger partial charge in [-0.15, -0.1) is 0 Å². The summed E-state index contributed by atoms with van der Waals surface area (Å²) < 4.78 is 10.9. The maximum Gasteiger partial charge on any atom is 0.161 e. The summed E-state index contributed by atoms with van der Waals surface area (Å²) in [5.41, 5.74) is 4.33. The van der Waals surface area contributed by atoms with Crippen molar-refractivity contribution in [1.82, 2.24) is 0 Å². The molecule has 2 aromatic carbocycles. The average molecular weight is 295 g/mol. The lowest BCUT2D eigenvalue weighted by Gasteiger charge is -2.09. The molecule has 0 aromatic heterocycles. The number of nitrogens with zero attached hydrogens (tertiary/aromatic N) is 1. The highest BCUT2D eigenvalue weighted by Gasteiger charge is 2.04. The van der Waals surface area contributed by atoms with Crippen molar-refractivity contribution in [3.63, 3.8) is 0 Å². The minimum Gasteiger partial charge on any atom is -0.493 e. The number of hydrogen-bond acceptors (Lipinski definition) is 3. The van der Waals surface area contributed by atoms with Crippen LogP contribution in [0, 0.1) is 13.8 Å². The molecule has 0 aliphatic rings. The van der Waals surface area contributed by atoms with Gasteiger partial charge < -0.3 is 9.47 Å². The third kappa shape index (κ3) is 3.98. The summed E-state index contributed by atoms with van der Waals surface area (Å²) in [5.74, 6) is 1.39. The second-order valence-corrected chi connectivity index (χ2v) is 5.06. The minimum absolute atomic E-state index is 0.451. The van der Waals surface area contributed by atoms with E-state index in [0.29, 0.717) is 18.1 Å². The molecule has 0 saturated carbocycles. The van der Waals surface area contributed by atoms with Gasteiger partial charge in [-0.2, -0.15) is 0 Å². The quantitative estimate of drug-likeness (QED) is 0.575. The number of rotatable bonds is 6. The first-order chi connectivity index (χ1) is 10.6. The van der Waals surface area contributed by atoms with Crippen LogP contribution < -0.4 is 9.47 Å². The van der Waals surface area contributed by atoms with Gasteiger partial charge in [0.2, 0.25) is 0 Å².